The monoisotopic (exact) mass is 343 g/mol. The molecule has 7 nitrogen and oxygen atoms in total. The zero-order valence-corrected chi connectivity index (χ0v) is 14.7. The Morgan fingerprint density at radius 3 is 3.04 bits per heavy atom. The maximum absolute atomic E-state index is 12.5. The molecule has 0 saturated carbocycles. The normalized spacial score (nSPS) is 18.8. The molecule has 7 heteroatoms. The van der Waals surface area contributed by atoms with Crippen molar-refractivity contribution in [1.29, 1.82) is 0 Å². The number of piperidine rings is 1. The highest BCUT2D eigenvalue weighted by atomic mass is 16.3. The molecule has 1 aliphatic heterocycles. The quantitative estimate of drug-likeness (QED) is 0.886. The number of hydrogen-bond acceptors (Lipinski definition) is 4. The minimum absolute atomic E-state index is 0.00302. The van der Waals surface area contributed by atoms with Crippen LogP contribution in [0.4, 0.5) is 4.79 Å². The fraction of sp³-hybridized carbons (Fsp3) is 0.500. The van der Waals surface area contributed by atoms with Gasteiger partial charge in [-0.05, 0) is 37.0 Å². The number of likely N-dealkylation sites (tertiary alicyclic amines) is 1. The van der Waals surface area contributed by atoms with Gasteiger partial charge in [0.15, 0.2) is 0 Å². The number of aryl methyl sites for hydroxylation is 2. The predicted octanol–water partition coefficient (Wildman–Crippen LogP) is 1.78. The fourth-order valence-corrected chi connectivity index (χ4v) is 3.31. The number of urea groups is 1. The lowest BCUT2D eigenvalue weighted by molar-refractivity contribution is 0.0532. The molecule has 3 heterocycles. The van der Waals surface area contributed by atoms with Crippen LogP contribution >= 0.6 is 0 Å². The molecule has 0 aromatic carbocycles. The molecule has 25 heavy (non-hydrogen) atoms. The van der Waals surface area contributed by atoms with E-state index >= 15 is 0 Å². The first-order valence-electron chi connectivity index (χ1n) is 8.64. The molecule has 0 bridgehead atoms. The molecule has 3 rings (SSSR count). The minimum atomic E-state index is -0.655. The molecule has 1 saturated heterocycles. The number of nitrogens with zero attached hydrogens (tertiary/aromatic N) is 4. The lowest BCUT2D eigenvalue weighted by Gasteiger charge is -2.34. The summed E-state index contributed by atoms with van der Waals surface area (Å²) in [7, 11) is 1.87. The highest BCUT2D eigenvalue weighted by molar-refractivity contribution is 5.74. The SMILES string of the molecule is Cc1cnccc1CNC(=O)N1CCC[C@@H]([C@H](O)c2nccn2C)C1. The third-order valence-electron chi connectivity index (χ3n) is 4.88. The predicted molar refractivity (Wildman–Crippen MR) is 93.7 cm³/mol. The van der Waals surface area contributed by atoms with Crippen molar-refractivity contribution in [3.8, 4) is 0 Å². The summed E-state index contributed by atoms with van der Waals surface area (Å²) in [6.45, 7) is 3.71. The molecule has 2 amide bonds. The summed E-state index contributed by atoms with van der Waals surface area (Å²) in [5.41, 5.74) is 2.12. The number of pyridine rings is 1. The molecular formula is C18H25N5O2. The van der Waals surface area contributed by atoms with Crippen LogP contribution < -0.4 is 5.32 Å². The van der Waals surface area contributed by atoms with Crippen LogP contribution in [0.15, 0.2) is 30.9 Å². The summed E-state index contributed by atoms with van der Waals surface area (Å²) in [5.74, 6) is 0.655. The molecular weight excluding hydrogens is 318 g/mol. The smallest absolute Gasteiger partial charge is 0.317 e. The standard InChI is InChI=1S/C18H25N5O2/c1-13-10-19-6-5-14(13)11-21-18(25)23-8-3-4-15(12-23)16(24)17-20-7-9-22(17)2/h5-7,9-10,15-16,24H,3-4,8,11-12H2,1-2H3,(H,21,25)/t15-,16+/m1/s1. The van der Waals surface area contributed by atoms with E-state index in [2.05, 4.69) is 15.3 Å². The molecule has 0 spiro atoms. The van der Waals surface area contributed by atoms with Crippen LogP contribution in [0.1, 0.15) is 35.9 Å². The average Bonchev–Trinajstić information content (AvgIpc) is 3.06. The average molecular weight is 343 g/mol. The van der Waals surface area contributed by atoms with Crippen molar-refractivity contribution in [2.45, 2.75) is 32.4 Å². The maximum atomic E-state index is 12.5. The van der Waals surface area contributed by atoms with Crippen molar-refractivity contribution in [3.05, 3.63) is 47.8 Å². The third kappa shape index (κ3) is 3.99. The molecule has 2 N–H and O–H groups in total. The Morgan fingerprint density at radius 2 is 2.32 bits per heavy atom. The van der Waals surface area contributed by atoms with Crippen LogP contribution in [0.5, 0.6) is 0 Å². The summed E-state index contributed by atoms with van der Waals surface area (Å²) in [5, 5.41) is 13.6. The van der Waals surface area contributed by atoms with Gasteiger partial charge in [-0.3, -0.25) is 4.98 Å². The number of amides is 2. The van der Waals surface area contributed by atoms with Gasteiger partial charge in [-0.15, -0.1) is 0 Å². The van der Waals surface area contributed by atoms with Gasteiger partial charge in [-0.1, -0.05) is 0 Å². The van der Waals surface area contributed by atoms with Gasteiger partial charge in [0.25, 0.3) is 0 Å². The number of aliphatic hydroxyl groups is 1. The Bertz CT molecular complexity index is 730. The topological polar surface area (TPSA) is 83.3 Å². The molecule has 2 aromatic rings. The summed E-state index contributed by atoms with van der Waals surface area (Å²) >= 11 is 0. The van der Waals surface area contributed by atoms with Crippen LogP contribution in [0.3, 0.4) is 0 Å². The Labute approximate surface area is 147 Å². The number of rotatable bonds is 4. The largest absolute Gasteiger partial charge is 0.385 e. The maximum Gasteiger partial charge on any atom is 0.317 e. The Hall–Kier alpha value is -2.41. The first-order valence-corrected chi connectivity index (χ1v) is 8.64. The summed E-state index contributed by atoms with van der Waals surface area (Å²) in [6.07, 6.45) is 8.15. The molecule has 134 valence electrons. The van der Waals surface area contributed by atoms with E-state index < -0.39 is 6.10 Å². The zero-order chi connectivity index (χ0) is 17.8. The van der Waals surface area contributed by atoms with Gasteiger partial charge < -0.3 is 19.9 Å². The van der Waals surface area contributed by atoms with Crippen molar-refractivity contribution in [2.75, 3.05) is 13.1 Å². The van der Waals surface area contributed by atoms with Gasteiger partial charge in [0.2, 0.25) is 0 Å². The van der Waals surface area contributed by atoms with Gasteiger partial charge in [0, 0.05) is 57.4 Å². The summed E-state index contributed by atoms with van der Waals surface area (Å²) < 4.78 is 1.83. The van der Waals surface area contributed by atoms with E-state index in [1.807, 2.05) is 30.8 Å². The van der Waals surface area contributed by atoms with Crippen molar-refractivity contribution in [1.82, 2.24) is 24.8 Å². The number of imidazole rings is 1. The first kappa shape index (κ1) is 17.4. The Kier molecular flexibility index (Phi) is 5.33. The molecule has 0 aliphatic carbocycles. The van der Waals surface area contributed by atoms with Crippen LogP contribution in [0, 0.1) is 12.8 Å². The highest BCUT2D eigenvalue weighted by Crippen LogP contribution is 2.28. The van der Waals surface area contributed by atoms with E-state index in [4.69, 9.17) is 0 Å². The van der Waals surface area contributed by atoms with Crippen LogP contribution in [-0.4, -0.2) is 43.7 Å². The number of carbonyl (C=O) groups excluding carboxylic acids is 1. The van der Waals surface area contributed by atoms with E-state index in [1.54, 1.807) is 23.5 Å². The van der Waals surface area contributed by atoms with E-state index in [9.17, 15) is 9.90 Å². The third-order valence-corrected chi connectivity index (χ3v) is 4.88. The molecule has 0 radical (unpaired) electrons. The van der Waals surface area contributed by atoms with E-state index in [-0.39, 0.29) is 11.9 Å². The lowest BCUT2D eigenvalue weighted by atomic mass is 9.92. The summed E-state index contributed by atoms with van der Waals surface area (Å²) in [6, 6.07) is 1.83. The number of aliphatic hydroxyl groups excluding tert-OH is 1. The lowest BCUT2D eigenvalue weighted by Crippen LogP contribution is -2.46. The fourth-order valence-electron chi connectivity index (χ4n) is 3.31. The Balaban J connectivity index is 1.58. The second kappa shape index (κ2) is 7.65. The number of carbonyl (C=O) groups is 1. The molecule has 1 aliphatic rings. The van der Waals surface area contributed by atoms with Crippen molar-refractivity contribution >= 4 is 6.03 Å². The van der Waals surface area contributed by atoms with E-state index in [0.717, 1.165) is 24.0 Å². The van der Waals surface area contributed by atoms with Gasteiger partial charge in [0.05, 0.1) is 0 Å². The van der Waals surface area contributed by atoms with Gasteiger partial charge >= 0.3 is 6.03 Å². The van der Waals surface area contributed by atoms with Crippen molar-refractivity contribution in [2.24, 2.45) is 13.0 Å². The Morgan fingerprint density at radius 1 is 1.48 bits per heavy atom. The minimum Gasteiger partial charge on any atom is -0.385 e. The molecule has 2 atom stereocenters. The van der Waals surface area contributed by atoms with Crippen molar-refractivity contribution in [3.63, 3.8) is 0 Å². The van der Waals surface area contributed by atoms with E-state index in [0.29, 0.717) is 25.5 Å². The van der Waals surface area contributed by atoms with Gasteiger partial charge in [-0.25, -0.2) is 9.78 Å². The van der Waals surface area contributed by atoms with Crippen LogP contribution in [-0.2, 0) is 13.6 Å². The van der Waals surface area contributed by atoms with Gasteiger partial charge in [0.1, 0.15) is 11.9 Å². The molecule has 2 aromatic heterocycles. The number of aromatic nitrogens is 3. The molecule has 0 unspecified atom stereocenters. The van der Waals surface area contributed by atoms with Crippen LogP contribution in [0.2, 0.25) is 0 Å². The van der Waals surface area contributed by atoms with Gasteiger partial charge in [-0.2, -0.15) is 0 Å². The molecule has 1 fully saturated rings. The zero-order valence-electron chi connectivity index (χ0n) is 14.7. The highest BCUT2D eigenvalue weighted by Gasteiger charge is 2.31. The second-order valence-electron chi connectivity index (χ2n) is 6.65. The second-order valence-corrected chi connectivity index (χ2v) is 6.65. The number of nitrogens with one attached hydrogen (secondary N) is 1. The summed E-state index contributed by atoms with van der Waals surface area (Å²) in [4.78, 5) is 22.6. The number of hydrogen-bond donors (Lipinski definition) is 2. The first-order chi connectivity index (χ1) is 12.1. The van der Waals surface area contributed by atoms with Crippen LogP contribution in [0.25, 0.3) is 0 Å². The van der Waals surface area contributed by atoms with Crippen molar-refractivity contribution < 1.29 is 9.90 Å². The van der Waals surface area contributed by atoms with E-state index in [1.165, 1.54) is 0 Å².